The summed E-state index contributed by atoms with van der Waals surface area (Å²) in [7, 11) is 0. The molecule has 0 saturated heterocycles. The van der Waals surface area contributed by atoms with Gasteiger partial charge in [0.05, 0.1) is 37.3 Å². The fourth-order valence-corrected chi connectivity index (χ4v) is 4.32. The van der Waals surface area contributed by atoms with Crippen molar-refractivity contribution in [2.75, 3.05) is 52.9 Å². The van der Waals surface area contributed by atoms with E-state index < -0.39 is 111 Å². The third-order valence-corrected chi connectivity index (χ3v) is 8.05. The summed E-state index contributed by atoms with van der Waals surface area (Å²) < 4.78 is 27.4. The molecule has 0 aromatic rings. The minimum atomic E-state index is -1.69. The molecule has 0 aromatic heterocycles. The van der Waals surface area contributed by atoms with Crippen LogP contribution >= 0.6 is 0 Å². The highest BCUT2D eigenvalue weighted by molar-refractivity contribution is 5.89. The average Bonchev–Trinajstić information content (AvgIpc) is 3.15. The Morgan fingerprint density at radius 1 is 0.404 bits per heavy atom. The molecule has 6 N–H and O–H groups in total. The second-order valence-corrected chi connectivity index (χ2v) is 13.4. The Morgan fingerprint density at radius 3 is 0.789 bits per heavy atom. The maximum atomic E-state index is 12.8. The lowest BCUT2D eigenvalue weighted by atomic mass is 9.90. The first-order valence-electron chi connectivity index (χ1n) is 17.7. The fourth-order valence-electron chi connectivity index (χ4n) is 4.32. The summed E-state index contributed by atoms with van der Waals surface area (Å²) in [6, 6.07) is 0. The third kappa shape index (κ3) is 22.7. The fraction of sp³-hybridized carbons (Fsp3) is 0.579. The number of aliphatic carboxylic acids is 4. The van der Waals surface area contributed by atoms with Gasteiger partial charge < -0.3 is 54.3 Å². The van der Waals surface area contributed by atoms with Gasteiger partial charge in [0.2, 0.25) is 0 Å². The molecule has 0 spiro atoms. The van der Waals surface area contributed by atoms with E-state index in [4.69, 9.17) is 44.1 Å². The van der Waals surface area contributed by atoms with Crippen molar-refractivity contribution in [1.29, 1.82) is 0 Å². The summed E-state index contributed by atoms with van der Waals surface area (Å²) in [5.41, 5.74) is -3.20. The molecule has 0 aliphatic heterocycles. The molecule has 0 amide bonds. The number of hydrogen-bond donors (Lipinski definition) is 6. The molecule has 0 saturated carbocycles. The SMILES string of the molecule is CC(=CCCC(=O)O)C(=O)OCC(CO)(COCC(CO)(COC(=O)C(C)=CCCC(=O)O)COC(=O)C(C)=CCCC(=O)O)COC(=O)C(C)=CCCC(=O)O. The van der Waals surface area contributed by atoms with Crippen molar-refractivity contribution in [2.24, 2.45) is 10.8 Å². The van der Waals surface area contributed by atoms with Gasteiger partial charge in [-0.15, -0.1) is 0 Å². The van der Waals surface area contributed by atoms with Crippen LogP contribution < -0.4 is 0 Å². The predicted octanol–water partition coefficient (Wildman–Crippen LogP) is 2.38. The van der Waals surface area contributed by atoms with E-state index in [-0.39, 0.29) is 73.7 Å². The number of carbonyl (C=O) groups excluding carboxylic acids is 4. The topological polar surface area (TPSA) is 304 Å². The van der Waals surface area contributed by atoms with Crippen molar-refractivity contribution >= 4 is 47.8 Å². The minimum Gasteiger partial charge on any atom is -0.481 e. The van der Waals surface area contributed by atoms with Crippen molar-refractivity contribution in [3.05, 3.63) is 46.6 Å². The zero-order valence-corrected chi connectivity index (χ0v) is 32.6. The van der Waals surface area contributed by atoms with E-state index in [1.807, 2.05) is 0 Å². The molecule has 0 aromatic carbocycles. The van der Waals surface area contributed by atoms with E-state index in [0.717, 1.165) is 0 Å². The van der Waals surface area contributed by atoms with Crippen molar-refractivity contribution in [1.82, 2.24) is 0 Å². The smallest absolute Gasteiger partial charge is 0.333 e. The zero-order valence-electron chi connectivity index (χ0n) is 32.6. The second kappa shape index (κ2) is 27.2. The lowest BCUT2D eigenvalue weighted by molar-refractivity contribution is -0.164. The molecular formula is C38H54O19. The highest BCUT2D eigenvalue weighted by Gasteiger charge is 2.39. The maximum absolute atomic E-state index is 12.8. The molecule has 0 fully saturated rings. The van der Waals surface area contributed by atoms with E-state index >= 15 is 0 Å². The van der Waals surface area contributed by atoms with Crippen LogP contribution in [0, 0.1) is 10.8 Å². The van der Waals surface area contributed by atoms with Gasteiger partial charge in [-0.05, 0) is 53.4 Å². The van der Waals surface area contributed by atoms with Gasteiger partial charge in [-0.1, -0.05) is 24.3 Å². The van der Waals surface area contributed by atoms with Crippen LogP contribution in [0.1, 0.15) is 79.1 Å². The van der Waals surface area contributed by atoms with Crippen molar-refractivity contribution in [3.8, 4) is 0 Å². The second-order valence-electron chi connectivity index (χ2n) is 13.4. The summed E-state index contributed by atoms with van der Waals surface area (Å²) >= 11 is 0. The van der Waals surface area contributed by atoms with Crippen LogP contribution in [0.4, 0.5) is 0 Å². The average molecular weight is 815 g/mol. The quantitative estimate of drug-likeness (QED) is 0.0344. The number of carboxylic acids is 4. The molecule has 320 valence electrons. The van der Waals surface area contributed by atoms with Crippen LogP contribution in [0.3, 0.4) is 0 Å². The molecule has 0 heterocycles. The number of allylic oxidation sites excluding steroid dienone is 4. The van der Waals surface area contributed by atoms with Crippen LogP contribution in [-0.2, 0) is 62.0 Å². The lowest BCUT2D eigenvalue weighted by Crippen LogP contribution is -2.46. The van der Waals surface area contributed by atoms with E-state index in [9.17, 15) is 48.6 Å². The Hall–Kier alpha value is -5.40. The third-order valence-electron chi connectivity index (χ3n) is 8.05. The van der Waals surface area contributed by atoms with Crippen molar-refractivity contribution in [3.63, 3.8) is 0 Å². The molecule has 0 aliphatic rings. The van der Waals surface area contributed by atoms with E-state index in [1.54, 1.807) is 0 Å². The van der Waals surface area contributed by atoms with Gasteiger partial charge in [0.25, 0.3) is 0 Å². The summed E-state index contributed by atoms with van der Waals surface area (Å²) in [6.45, 7) is 0.218. The highest BCUT2D eigenvalue weighted by atomic mass is 16.6. The monoisotopic (exact) mass is 814 g/mol. The Balaban J connectivity index is 6.42. The van der Waals surface area contributed by atoms with Crippen LogP contribution in [0.15, 0.2) is 46.6 Å². The molecule has 57 heavy (non-hydrogen) atoms. The van der Waals surface area contributed by atoms with Crippen LogP contribution in [0.2, 0.25) is 0 Å². The molecule has 0 atom stereocenters. The number of rotatable bonds is 30. The number of carbonyl (C=O) groups is 8. The summed E-state index contributed by atoms with van der Waals surface area (Å²) in [5, 5.41) is 56.6. The van der Waals surface area contributed by atoms with Gasteiger partial charge in [-0.3, -0.25) is 19.2 Å². The lowest BCUT2D eigenvalue weighted by Gasteiger charge is -2.34. The van der Waals surface area contributed by atoms with E-state index in [0.29, 0.717) is 0 Å². The maximum Gasteiger partial charge on any atom is 0.333 e. The van der Waals surface area contributed by atoms with Crippen molar-refractivity contribution < 1.29 is 92.7 Å². The molecule has 19 heteroatoms. The van der Waals surface area contributed by atoms with Gasteiger partial charge in [0.1, 0.15) is 26.4 Å². The van der Waals surface area contributed by atoms with Gasteiger partial charge in [-0.25, -0.2) is 19.2 Å². The number of aliphatic hydroxyl groups is 2. The Morgan fingerprint density at radius 2 is 0.614 bits per heavy atom. The number of hydrogen-bond acceptors (Lipinski definition) is 15. The standard InChI is InChI=1S/C38H54O19/c1-25(9-5-13-29(41)42)33(49)54-21-37(17-39,22-55-34(50)26(2)10-6-14-30(43)44)19-53-20-38(18-40,23-56-35(51)27(3)11-7-15-31(45)46)24-57-36(52)28(4)12-8-16-32(47)48/h9-12,39-40H,5-8,13-24H2,1-4H3,(H,41,42)(H,43,44)(H,45,46)(H,47,48). The Kier molecular flexibility index (Phi) is 24.7. The van der Waals surface area contributed by atoms with E-state index in [1.165, 1.54) is 52.0 Å². The molecule has 19 nitrogen and oxygen atoms in total. The molecular weight excluding hydrogens is 760 g/mol. The molecule has 0 radical (unpaired) electrons. The first-order chi connectivity index (χ1) is 26.7. The molecule has 0 unspecified atom stereocenters. The van der Waals surface area contributed by atoms with Gasteiger partial charge >= 0.3 is 47.8 Å². The van der Waals surface area contributed by atoms with Crippen LogP contribution in [-0.4, -0.2) is 131 Å². The first kappa shape index (κ1) is 51.6. The summed E-state index contributed by atoms with van der Waals surface area (Å²) in [5.74, 6) is -7.94. The van der Waals surface area contributed by atoms with Gasteiger partial charge in [0, 0.05) is 48.0 Å². The number of esters is 4. The number of aliphatic hydroxyl groups excluding tert-OH is 2. The predicted molar refractivity (Wildman–Crippen MR) is 196 cm³/mol. The Bertz CT molecular complexity index is 1320. The first-order valence-corrected chi connectivity index (χ1v) is 17.7. The van der Waals surface area contributed by atoms with Gasteiger partial charge in [0.15, 0.2) is 0 Å². The normalized spacial score (nSPS) is 14.4. The zero-order chi connectivity index (χ0) is 43.6. The minimum absolute atomic E-state index is 0.0172. The highest BCUT2D eigenvalue weighted by Crippen LogP contribution is 2.25. The summed E-state index contributed by atoms with van der Waals surface area (Å²) in [6.07, 6.45) is 4.39. The molecule has 0 bridgehead atoms. The molecule has 0 rings (SSSR count). The van der Waals surface area contributed by atoms with Crippen LogP contribution in [0.5, 0.6) is 0 Å². The van der Waals surface area contributed by atoms with E-state index in [2.05, 4.69) is 0 Å². The number of carboxylic acid groups (broad SMARTS) is 4. The largest absolute Gasteiger partial charge is 0.481 e. The number of ether oxygens (including phenoxy) is 5. The van der Waals surface area contributed by atoms with Crippen molar-refractivity contribution in [2.45, 2.75) is 79.1 Å². The van der Waals surface area contributed by atoms with Gasteiger partial charge in [-0.2, -0.15) is 0 Å². The summed E-state index contributed by atoms with van der Waals surface area (Å²) in [4.78, 5) is 94.5. The Labute approximate surface area is 329 Å². The molecule has 0 aliphatic carbocycles. The van der Waals surface area contributed by atoms with Crippen LogP contribution in [0.25, 0.3) is 0 Å².